The SMILES string of the molecule is Ic1ncc2c(n1)CCCCCC2. The summed E-state index contributed by atoms with van der Waals surface area (Å²) >= 11 is 2.19. The van der Waals surface area contributed by atoms with Gasteiger partial charge in [-0.3, -0.25) is 0 Å². The van der Waals surface area contributed by atoms with E-state index >= 15 is 0 Å². The molecule has 0 aromatic carbocycles. The van der Waals surface area contributed by atoms with Crippen LogP contribution in [0.2, 0.25) is 0 Å². The van der Waals surface area contributed by atoms with E-state index < -0.39 is 0 Å². The van der Waals surface area contributed by atoms with E-state index in [1.165, 1.54) is 43.4 Å². The number of nitrogens with zero attached hydrogens (tertiary/aromatic N) is 2. The molecule has 1 aliphatic carbocycles. The van der Waals surface area contributed by atoms with Crippen LogP contribution in [0.4, 0.5) is 0 Å². The first-order valence-electron chi connectivity index (χ1n) is 4.86. The van der Waals surface area contributed by atoms with Crippen molar-refractivity contribution in [3.63, 3.8) is 0 Å². The summed E-state index contributed by atoms with van der Waals surface area (Å²) in [5.41, 5.74) is 2.67. The van der Waals surface area contributed by atoms with Gasteiger partial charge in [-0.05, 0) is 31.2 Å². The minimum Gasteiger partial charge on any atom is -0.231 e. The van der Waals surface area contributed by atoms with E-state index in [2.05, 4.69) is 32.6 Å². The van der Waals surface area contributed by atoms with Crippen molar-refractivity contribution in [2.75, 3.05) is 0 Å². The Labute approximate surface area is 92.3 Å². The highest BCUT2D eigenvalue weighted by atomic mass is 127. The summed E-state index contributed by atoms with van der Waals surface area (Å²) < 4.78 is 0.886. The van der Waals surface area contributed by atoms with Crippen molar-refractivity contribution in [3.05, 3.63) is 21.3 Å². The van der Waals surface area contributed by atoms with Crippen LogP contribution in [0.3, 0.4) is 0 Å². The van der Waals surface area contributed by atoms with E-state index in [9.17, 15) is 0 Å². The lowest BCUT2D eigenvalue weighted by atomic mass is 9.98. The van der Waals surface area contributed by atoms with Gasteiger partial charge in [0, 0.05) is 34.5 Å². The third kappa shape index (κ3) is 2.39. The van der Waals surface area contributed by atoms with Gasteiger partial charge in [-0.15, -0.1) is 0 Å². The van der Waals surface area contributed by atoms with Crippen molar-refractivity contribution in [2.45, 2.75) is 38.5 Å². The molecule has 2 nitrogen and oxygen atoms in total. The Balaban J connectivity index is 2.28. The molecule has 0 radical (unpaired) electrons. The Morgan fingerprint density at radius 1 is 1.08 bits per heavy atom. The molecule has 0 bridgehead atoms. The molecule has 0 saturated heterocycles. The number of fused-ring (bicyclic) bond motifs is 1. The summed E-state index contributed by atoms with van der Waals surface area (Å²) in [4.78, 5) is 8.73. The van der Waals surface area contributed by atoms with Gasteiger partial charge in [0.25, 0.3) is 0 Å². The molecule has 70 valence electrons. The number of aromatic nitrogens is 2. The van der Waals surface area contributed by atoms with Crippen molar-refractivity contribution in [2.24, 2.45) is 0 Å². The van der Waals surface area contributed by atoms with E-state index in [0.29, 0.717) is 0 Å². The van der Waals surface area contributed by atoms with Crippen LogP contribution in [0.5, 0.6) is 0 Å². The molecule has 0 spiro atoms. The Morgan fingerprint density at radius 2 is 1.85 bits per heavy atom. The Hall–Kier alpha value is -0.190. The smallest absolute Gasteiger partial charge is 0.190 e. The summed E-state index contributed by atoms with van der Waals surface area (Å²) in [6.45, 7) is 0. The lowest BCUT2D eigenvalue weighted by molar-refractivity contribution is 0.605. The second kappa shape index (κ2) is 4.35. The standard InChI is InChI=1S/C10H13IN2/c11-10-12-7-8-5-3-1-2-4-6-9(8)13-10/h7H,1-6H2. The van der Waals surface area contributed by atoms with Gasteiger partial charge in [-0.25, -0.2) is 9.97 Å². The van der Waals surface area contributed by atoms with Crippen LogP contribution in [0, 0.1) is 3.83 Å². The van der Waals surface area contributed by atoms with Crippen molar-refractivity contribution in [1.82, 2.24) is 9.97 Å². The highest BCUT2D eigenvalue weighted by Gasteiger charge is 2.08. The third-order valence-corrected chi connectivity index (χ3v) is 3.05. The number of hydrogen-bond donors (Lipinski definition) is 0. The summed E-state index contributed by atoms with van der Waals surface area (Å²) in [6, 6.07) is 0. The second-order valence-electron chi connectivity index (χ2n) is 3.53. The maximum atomic E-state index is 4.49. The van der Waals surface area contributed by atoms with E-state index in [1.807, 2.05) is 6.20 Å². The van der Waals surface area contributed by atoms with Gasteiger partial charge in [0.05, 0.1) is 0 Å². The van der Waals surface area contributed by atoms with Gasteiger partial charge >= 0.3 is 0 Å². The molecule has 0 aliphatic heterocycles. The minimum absolute atomic E-state index is 0.886. The largest absolute Gasteiger partial charge is 0.231 e. The molecule has 1 aromatic rings. The first kappa shape index (κ1) is 9.37. The molecular weight excluding hydrogens is 275 g/mol. The molecule has 0 fully saturated rings. The summed E-state index contributed by atoms with van der Waals surface area (Å²) in [7, 11) is 0. The Morgan fingerprint density at radius 3 is 2.69 bits per heavy atom. The molecule has 0 atom stereocenters. The molecule has 0 N–H and O–H groups in total. The third-order valence-electron chi connectivity index (χ3n) is 2.53. The zero-order valence-corrected chi connectivity index (χ0v) is 9.75. The van der Waals surface area contributed by atoms with Crippen LogP contribution in [-0.2, 0) is 12.8 Å². The van der Waals surface area contributed by atoms with Crippen LogP contribution < -0.4 is 0 Å². The van der Waals surface area contributed by atoms with Crippen molar-refractivity contribution < 1.29 is 0 Å². The van der Waals surface area contributed by atoms with Crippen molar-refractivity contribution >= 4 is 22.6 Å². The molecule has 1 heterocycles. The van der Waals surface area contributed by atoms with Gasteiger partial charge in [0.1, 0.15) is 0 Å². The lowest BCUT2D eigenvalue weighted by Gasteiger charge is -2.11. The van der Waals surface area contributed by atoms with Gasteiger partial charge in [-0.1, -0.05) is 12.8 Å². The topological polar surface area (TPSA) is 25.8 Å². The molecule has 13 heavy (non-hydrogen) atoms. The van der Waals surface area contributed by atoms with E-state index in [4.69, 9.17) is 0 Å². The quantitative estimate of drug-likeness (QED) is 0.542. The Kier molecular flexibility index (Phi) is 3.14. The zero-order valence-electron chi connectivity index (χ0n) is 7.59. The zero-order chi connectivity index (χ0) is 9.10. The van der Waals surface area contributed by atoms with Crippen LogP contribution in [0.1, 0.15) is 36.9 Å². The average Bonchev–Trinajstić information content (AvgIpc) is 2.08. The van der Waals surface area contributed by atoms with Crippen molar-refractivity contribution in [1.29, 1.82) is 0 Å². The van der Waals surface area contributed by atoms with Crippen LogP contribution in [-0.4, -0.2) is 9.97 Å². The first-order chi connectivity index (χ1) is 6.36. The molecule has 0 unspecified atom stereocenters. The summed E-state index contributed by atoms with van der Waals surface area (Å²) in [5, 5.41) is 0. The highest BCUT2D eigenvalue weighted by Crippen LogP contribution is 2.18. The number of rotatable bonds is 0. The normalized spacial score (nSPS) is 17.3. The molecule has 0 saturated carbocycles. The number of halogens is 1. The van der Waals surface area contributed by atoms with Crippen LogP contribution in [0.25, 0.3) is 0 Å². The van der Waals surface area contributed by atoms with Crippen molar-refractivity contribution in [3.8, 4) is 0 Å². The Bertz CT molecular complexity index is 299. The van der Waals surface area contributed by atoms with Crippen LogP contribution in [0.15, 0.2) is 6.20 Å². The summed E-state index contributed by atoms with van der Waals surface area (Å²) in [5.74, 6) is 0. The monoisotopic (exact) mass is 288 g/mol. The predicted molar refractivity (Wildman–Crippen MR) is 60.6 cm³/mol. The molecule has 2 rings (SSSR count). The number of hydrogen-bond acceptors (Lipinski definition) is 2. The molecule has 1 aromatic heterocycles. The molecule has 0 amide bonds. The molecule has 1 aliphatic rings. The maximum absolute atomic E-state index is 4.49. The van der Waals surface area contributed by atoms with Crippen LogP contribution >= 0.6 is 22.6 Å². The minimum atomic E-state index is 0.886. The van der Waals surface area contributed by atoms with E-state index in [1.54, 1.807) is 0 Å². The number of aryl methyl sites for hydroxylation is 2. The first-order valence-corrected chi connectivity index (χ1v) is 5.94. The van der Waals surface area contributed by atoms with Gasteiger partial charge in [-0.2, -0.15) is 0 Å². The van der Waals surface area contributed by atoms with E-state index in [0.717, 1.165) is 10.3 Å². The fourth-order valence-electron chi connectivity index (χ4n) is 1.80. The predicted octanol–water partition coefficient (Wildman–Crippen LogP) is 2.74. The average molecular weight is 288 g/mol. The fourth-order valence-corrected chi connectivity index (χ4v) is 2.23. The fraction of sp³-hybridized carbons (Fsp3) is 0.600. The highest BCUT2D eigenvalue weighted by molar-refractivity contribution is 14.1. The van der Waals surface area contributed by atoms with Gasteiger partial charge in [0.2, 0.25) is 0 Å². The van der Waals surface area contributed by atoms with Gasteiger partial charge in [0.15, 0.2) is 3.83 Å². The van der Waals surface area contributed by atoms with Gasteiger partial charge < -0.3 is 0 Å². The lowest BCUT2D eigenvalue weighted by Crippen LogP contribution is -2.04. The molecular formula is C10H13IN2. The maximum Gasteiger partial charge on any atom is 0.190 e. The summed E-state index contributed by atoms with van der Waals surface area (Å²) in [6.07, 6.45) is 9.65. The molecule has 3 heteroatoms. The second-order valence-corrected chi connectivity index (χ2v) is 4.49. The van der Waals surface area contributed by atoms with E-state index in [-0.39, 0.29) is 0 Å².